The summed E-state index contributed by atoms with van der Waals surface area (Å²) < 4.78 is 0. The van der Waals surface area contributed by atoms with Crippen LogP contribution in [0.2, 0.25) is 0 Å². The Morgan fingerprint density at radius 3 is 2.29 bits per heavy atom. The number of piperazine rings is 1. The SMILES string of the molecule is CN1CCN(C2=CC(=O)N(C)C2)CC1. The summed E-state index contributed by atoms with van der Waals surface area (Å²) in [5.74, 6) is 0.138. The lowest BCUT2D eigenvalue weighted by molar-refractivity contribution is -0.123. The standard InChI is InChI=1S/C10H17N3O/c1-11-3-5-13(6-4-11)9-7-10(14)12(2)8-9/h7H,3-6,8H2,1-2H3. The molecule has 1 saturated heterocycles. The lowest BCUT2D eigenvalue weighted by Gasteiger charge is -2.34. The summed E-state index contributed by atoms with van der Waals surface area (Å²) in [6, 6.07) is 0. The van der Waals surface area contributed by atoms with Crippen LogP contribution in [0, 0.1) is 0 Å². The molecule has 2 rings (SSSR count). The number of likely N-dealkylation sites (N-methyl/N-ethyl adjacent to an activating group) is 2. The van der Waals surface area contributed by atoms with Crippen molar-refractivity contribution in [2.45, 2.75) is 0 Å². The molecule has 0 bridgehead atoms. The van der Waals surface area contributed by atoms with Gasteiger partial charge in [-0.2, -0.15) is 0 Å². The Morgan fingerprint density at radius 1 is 1.14 bits per heavy atom. The highest BCUT2D eigenvalue weighted by molar-refractivity contribution is 5.90. The summed E-state index contributed by atoms with van der Waals surface area (Å²) >= 11 is 0. The van der Waals surface area contributed by atoms with Crippen LogP contribution in [0.5, 0.6) is 0 Å². The Labute approximate surface area is 84.8 Å². The summed E-state index contributed by atoms with van der Waals surface area (Å²) in [5, 5.41) is 0. The van der Waals surface area contributed by atoms with Crippen molar-refractivity contribution in [2.24, 2.45) is 0 Å². The zero-order valence-electron chi connectivity index (χ0n) is 8.86. The molecule has 2 aliphatic rings. The maximum Gasteiger partial charge on any atom is 0.248 e. The average Bonchev–Trinajstić information content (AvgIpc) is 2.48. The minimum absolute atomic E-state index is 0.138. The Hall–Kier alpha value is -1.03. The molecule has 0 aromatic heterocycles. The van der Waals surface area contributed by atoms with Crippen LogP contribution in [0.1, 0.15) is 0 Å². The van der Waals surface area contributed by atoms with Crippen molar-refractivity contribution in [1.29, 1.82) is 0 Å². The van der Waals surface area contributed by atoms with Crippen LogP contribution in [-0.4, -0.2) is 67.4 Å². The van der Waals surface area contributed by atoms with E-state index in [4.69, 9.17) is 0 Å². The van der Waals surface area contributed by atoms with E-state index < -0.39 is 0 Å². The largest absolute Gasteiger partial charge is 0.371 e. The summed E-state index contributed by atoms with van der Waals surface area (Å²) in [4.78, 5) is 17.7. The zero-order valence-corrected chi connectivity index (χ0v) is 8.86. The van der Waals surface area contributed by atoms with Crippen LogP contribution in [-0.2, 0) is 4.79 Å². The van der Waals surface area contributed by atoms with Crippen molar-refractivity contribution in [1.82, 2.24) is 14.7 Å². The molecule has 0 aromatic carbocycles. The van der Waals surface area contributed by atoms with E-state index in [1.165, 1.54) is 5.70 Å². The lowest BCUT2D eigenvalue weighted by Crippen LogP contribution is -2.44. The second kappa shape index (κ2) is 3.61. The Bertz CT molecular complexity index is 267. The topological polar surface area (TPSA) is 26.8 Å². The highest BCUT2D eigenvalue weighted by Gasteiger charge is 2.23. The van der Waals surface area contributed by atoms with Crippen molar-refractivity contribution in [3.05, 3.63) is 11.8 Å². The van der Waals surface area contributed by atoms with E-state index in [0.717, 1.165) is 32.7 Å². The first-order chi connectivity index (χ1) is 6.66. The molecule has 4 heteroatoms. The van der Waals surface area contributed by atoms with Gasteiger partial charge >= 0.3 is 0 Å². The fourth-order valence-corrected chi connectivity index (χ4v) is 1.90. The molecular weight excluding hydrogens is 178 g/mol. The number of hydrogen-bond acceptors (Lipinski definition) is 3. The van der Waals surface area contributed by atoms with Gasteiger partial charge < -0.3 is 14.7 Å². The normalized spacial score (nSPS) is 24.4. The van der Waals surface area contributed by atoms with Crippen LogP contribution in [0.4, 0.5) is 0 Å². The first kappa shape index (κ1) is 9.52. The van der Waals surface area contributed by atoms with E-state index in [-0.39, 0.29) is 5.91 Å². The summed E-state index contributed by atoms with van der Waals surface area (Å²) in [6.07, 6.45) is 1.77. The molecule has 0 radical (unpaired) electrons. The monoisotopic (exact) mass is 195 g/mol. The minimum Gasteiger partial charge on any atom is -0.371 e. The van der Waals surface area contributed by atoms with Crippen LogP contribution in [0.15, 0.2) is 11.8 Å². The molecule has 0 saturated carbocycles. The number of nitrogens with zero attached hydrogens (tertiary/aromatic N) is 3. The summed E-state index contributed by atoms with van der Waals surface area (Å²) in [6.45, 7) is 5.06. The van der Waals surface area contributed by atoms with E-state index in [9.17, 15) is 4.79 Å². The Morgan fingerprint density at radius 2 is 1.79 bits per heavy atom. The quantitative estimate of drug-likeness (QED) is 0.569. The maximum absolute atomic E-state index is 11.3. The van der Waals surface area contributed by atoms with Gasteiger partial charge in [-0.05, 0) is 7.05 Å². The van der Waals surface area contributed by atoms with Crippen LogP contribution in [0.3, 0.4) is 0 Å². The number of carbonyl (C=O) groups is 1. The van der Waals surface area contributed by atoms with Crippen LogP contribution < -0.4 is 0 Å². The fourth-order valence-electron chi connectivity index (χ4n) is 1.90. The molecule has 0 aliphatic carbocycles. The summed E-state index contributed by atoms with van der Waals surface area (Å²) in [5.41, 5.74) is 1.19. The van der Waals surface area contributed by atoms with Gasteiger partial charge in [-0.1, -0.05) is 0 Å². The molecule has 14 heavy (non-hydrogen) atoms. The van der Waals surface area contributed by atoms with E-state index in [0.29, 0.717) is 0 Å². The molecule has 2 aliphatic heterocycles. The Balaban J connectivity index is 1.97. The van der Waals surface area contributed by atoms with Crippen molar-refractivity contribution in [3.63, 3.8) is 0 Å². The Kier molecular flexibility index (Phi) is 2.46. The first-order valence-electron chi connectivity index (χ1n) is 5.06. The van der Waals surface area contributed by atoms with E-state index in [1.54, 1.807) is 11.0 Å². The molecule has 0 atom stereocenters. The second-order valence-electron chi connectivity index (χ2n) is 4.12. The average molecular weight is 195 g/mol. The highest BCUT2D eigenvalue weighted by Crippen LogP contribution is 2.15. The zero-order chi connectivity index (χ0) is 10.1. The van der Waals surface area contributed by atoms with Gasteiger partial charge in [0.1, 0.15) is 0 Å². The van der Waals surface area contributed by atoms with Crippen LogP contribution in [0.25, 0.3) is 0 Å². The number of carbonyl (C=O) groups excluding carboxylic acids is 1. The lowest BCUT2D eigenvalue weighted by atomic mass is 10.3. The first-order valence-corrected chi connectivity index (χ1v) is 5.06. The summed E-state index contributed by atoms with van der Waals surface area (Å²) in [7, 11) is 3.99. The third kappa shape index (κ3) is 1.75. The fraction of sp³-hybridized carbons (Fsp3) is 0.700. The van der Waals surface area contributed by atoms with Gasteiger partial charge in [0.2, 0.25) is 5.91 Å². The minimum atomic E-state index is 0.138. The molecule has 0 N–H and O–H groups in total. The van der Waals surface area contributed by atoms with Crippen molar-refractivity contribution in [2.75, 3.05) is 46.8 Å². The van der Waals surface area contributed by atoms with Crippen molar-refractivity contribution >= 4 is 5.91 Å². The maximum atomic E-state index is 11.3. The van der Waals surface area contributed by atoms with Gasteiger partial charge in [0.15, 0.2) is 0 Å². The third-order valence-electron chi connectivity index (χ3n) is 2.97. The van der Waals surface area contributed by atoms with E-state index in [1.807, 2.05) is 7.05 Å². The van der Waals surface area contributed by atoms with Crippen molar-refractivity contribution < 1.29 is 4.79 Å². The predicted octanol–water partition coefficient (Wildman–Crippen LogP) is -0.410. The van der Waals surface area contributed by atoms with Gasteiger partial charge in [-0.3, -0.25) is 4.79 Å². The smallest absolute Gasteiger partial charge is 0.248 e. The van der Waals surface area contributed by atoms with E-state index in [2.05, 4.69) is 16.8 Å². The number of hydrogen-bond donors (Lipinski definition) is 0. The molecular formula is C10H17N3O. The predicted molar refractivity (Wildman–Crippen MR) is 54.8 cm³/mol. The number of rotatable bonds is 1. The third-order valence-corrected chi connectivity index (χ3v) is 2.97. The van der Waals surface area contributed by atoms with Gasteiger partial charge in [0, 0.05) is 45.0 Å². The molecule has 4 nitrogen and oxygen atoms in total. The van der Waals surface area contributed by atoms with Gasteiger partial charge in [0.25, 0.3) is 0 Å². The van der Waals surface area contributed by atoms with Gasteiger partial charge in [-0.15, -0.1) is 0 Å². The molecule has 0 aromatic rings. The van der Waals surface area contributed by atoms with Gasteiger partial charge in [0.05, 0.1) is 6.54 Å². The molecule has 0 spiro atoms. The van der Waals surface area contributed by atoms with E-state index >= 15 is 0 Å². The molecule has 78 valence electrons. The highest BCUT2D eigenvalue weighted by atomic mass is 16.2. The molecule has 1 amide bonds. The van der Waals surface area contributed by atoms with Gasteiger partial charge in [-0.25, -0.2) is 0 Å². The molecule has 1 fully saturated rings. The van der Waals surface area contributed by atoms with Crippen molar-refractivity contribution in [3.8, 4) is 0 Å². The van der Waals surface area contributed by atoms with Crippen LogP contribution >= 0.6 is 0 Å². The second-order valence-corrected chi connectivity index (χ2v) is 4.12. The number of amides is 1. The molecule has 2 heterocycles. The molecule has 0 unspecified atom stereocenters.